The van der Waals surface area contributed by atoms with Gasteiger partial charge in [0, 0.05) is 18.5 Å². The van der Waals surface area contributed by atoms with Crippen molar-refractivity contribution in [3.63, 3.8) is 0 Å². The number of amides is 1. The van der Waals surface area contributed by atoms with E-state index in [0.717, 1.165) is 25.9 Å². The maximum atomic E-state index is 12.1. The van der Waals surface area contributed by atoms with Gasteiger partial charge in [0.25, 0.3) is 0 Å². The summed E-state index contributed by atoms with van der Waals surface area (Å²) in [4.78, 5) is 29.5. The SMILES string of the molecule is COC(=O)Cc1csc(NC(C)C(=O)N2CCCC2)n1. The number of nitrogens with one attached hydrogen (secondary N) is 1. The molecule has 1 aliphatic rings. The van der Waals surface area contributed by atoms with Crippen molar-refractivity contribution in [2.24, 2.45) is 0 Å². The molecular formula is C13H19N3O3S. The second kappa shape index (κ2) is 6.69. The quantitative estimate of drug-likeness (QED) is 0.829. The molecule has 7 heteroatoms. The van der Waals surface area contributed by atoms with Crippen molar-refractivity contribution in [3.05, 3.63) is 11.1 Å². The standard InChI is InChI=1S/C13H19N3O3S/c1-9(12(18)16-5-3-4-6-16)14-13-15-10(8-20-13)7-11(17)19-2/h8-9H,3-7H2,1-2H3,(H,14,15). The maximum absolute atomic E-state index is 12.1. The molecule has 110 valence electrons. The van der Waals surface area contributed by atoms with Gasteiger partial charge in [0.15, 0.2) is 5.13 Å². The lowest BCUT2D eigenvalue weighted by molar-refractivity contribution is -0.139. The smallest absolute Gasteiger partial charge is 0.311 e. The predicted molar refractivity (Wildman–Crippen MR) is 76.7 cm³/mol. The third-order valence-electron chi connectivity index (χ3n) is 3.23. The summed E-state index contributed by atoms with van der Waals surface area (Å²) in [7, 11) is 1.35. The summed E-state index contributed by atoms with van der Waals surface area (Å²) in [5, 5.41) is 5.55. The molecule has 1 N–H and O–H groups in total. The van der Waals surface area contributed by atoms with E-state index >= 15 is 0 Å². The highest BCUT2D eigenvalue weighted by Crippen LogP contribution is 2.18. The number of aromatic nitrogens is 1. The number of hydrogen-bond donors (Lipinski definition) is 1. The molecule has 6 nitrogen and oxygen atoms in total. The van der Waals surface area contributed by atoms with Gasteiger partial charge in [-0.2, -0.15) is 0 Å². The van der Waals surface area contributed by atoms with Gasteiger partial charge in [-0.05, 0) is 19.8 Å². The highest BCUT2D eigenvalue weighted by Gasteiger charge is 2.23. The van der Waals surface area contributed by atoms with Gasteiger partial charge in [-0.3, -0.25) is 9.59 Å². The van der Waals surface area contributed by atoms with Gasteiger partial charge in [-0.15, -0.1) is 11.3 Å². The number of likely N-dealkylation sites (tertiary alicyclic amines) is 1. The molecule has 1 atom stereocenters. The third-order valence-corrected chi connectivity index (χ3v) is 4.06. The summed E-state index contributed by atoms with van der Waals surface area (Å²) < 4.78 is 4.59. The molecule has 0 spiro atoms. The maximum Gasteiger partial charge on any atom is 0.311 e. The third kappa shape index (κ3) is 3.69. The fourth-order valence-electron chi connectivity index (χ4n) is 2.13. The Morgan fingerprint density at radius 1 is 1.50 bits per heavy atom. The lowest BCUT2D eigenvalue weighted by Crippen LogP contribution is -2.39. The number of ether oxygens (including phenoxy) is 1. The zero-order valence-electron chi connectivity index (χ0n) is 11.7. The number of hydrogen-bond acceptors (Lipinski definition) is 6. The number of carbonyl (C=O) groups is 2. The van der Waals surface area contributed by atoms with Crippen LogP contribution in [0.25, 0.3) is 0 Å². The molecular weight excluding hydrogens is 278 g/mol. The van der Waals surface area contributed by atoms with Gasteiger partial charge in [0.2, 0.25) is 5.91 Å². The summed E-state index contributed by atoms with van der Waals surface area (Å²) >= 11 is 1.39. The Bertz CT molecular complexity index is 483. The fourth-order valence-corrected chi connectivity index (χ4v) is 2.93. The second-order valence-electron chi connectivity index (χ2n) is 4.80. The van der Waals surface area contributed by atoms with Crippen molar-refractivity contribution in [2.45, 2.75) is 32.2 Å². The molecule has 1 aliphatic heterocycles. The Morgan fingerprint density at radius 3 is 2.85 bits per heavy atom. The van der Waals surface area contributed by atoms with Crippen molar-refractivity contribution in [2.75, 3.05) is 25.5 Å². The normalized spacial score (nSPS) is 16.0. The van der Waals surface area contributed by atoms with Crippen molar-refractivity contribution >= 4 is 28.3 Å². The van der Waals surface area contributed by atoms with E-state index in [0.29, 0.717) is 10.8 Å². The van der Waals surface area contributed by atoms with E-state index in [1.54, 1.807) is 5.38 Å². The van der Waals surface area contributed by atoms with Crippen molar-refractivity contribution < 1.29 is 14.3 Å². The zero-order chi connectivity index (χ0) is 14.5. The van der Waals surface area contributed by atoms with E-state index in [2.05, 4.69) is 15.0 Å². The first-order valence-electron chi connectivity index (χ1n) is 6.66. The number of methoxy groups -OCH3 is 1. The first-order valence-corrected chi connectivity index (χ1v) is 7.54. The van der Waals surface area contributed by atoms with Crippen LogP contribution in [0, 0.1) is 0 Å². The van der Waals surface area contributed by atoms with Crippen LogP contribution in [0.1, 0.15) is 25.5 Å². The number of rotatable bonds is 5. The number of esters is 1. The minimum absolute atomic E-state index is 0.104. The number of anilines is 1. The molecule has 1 fully saturated rings. The van der Waals surface area contributed by atoms with Crippen LogP contribution in [0.4, 0.5) is 5.13 Å². The lowest BCUT2D eigenvalue weighted by atomic mass is 10.3. The van der Waals surface area contributed by atoms with E-state index in [-0.39, 0.29) is 24.3 Å². The van der Waals surface area contributed by atoms with Crippen molar-refractivity contribution in [3.8, 4) is 0 Å². The van der Waals surface area contributed by atoms with Crippen LogP contribution in [0.2, 0.25) is 0 Å². The summed E-state index contributed by atoms with van der Waals surface area (Å²) in [6.45, 7) is 3.52. The molecule has 20 heavy (non-hydrogen) atoms. The van der Waals surface area contributed by atoms with Crippen LogP contribution >= 0.6 is 11.3 Å². The monoisotopic (exact) mass is 297 g/mol. The number of thiazole rings is 1. The van der Waals surface area contributed by atoms with Gasteiger partial charge < -0.3 is 15.0 Å². The second-order valence-corrected chi connectivity index (χ2v) is 5.65. The summed E-state index contributed by atoms with van der Waals surface area (Å²) in [5.41, 5.74) is 0.658. The predicted octanol–water partition coefficient (Wildman–Crippen LogP) is 1.28. The Labute approximate surface area is 122 Å². The molecule has 1 amide bonds. The summed E-state index contributed by atoms with van der Waals surface area (Å²) in [6, 6.07) is -0.301. The Hall–Kier alpha value is -1.63. The Balaban J connectivity index is 1.89. The average Bonchev–Trinajstić information content (AvgIpc) is 3.09. The van der Waals surface area contributed by atoms with E-state index in [4.69, 9.17) is 0 Å². The van der Waals surface area contributed by atoms with Crippen LogP contribution in [0.5, 0.6) is 0 Å². The van der Waals surface area contributed by atoms with Gasteiger partial charge in [-0.25, -0.2) is 4.98 Å². The molecule has 2 heterocycles. The van der Waals surface area contributed by atoms with E-state index < -0.39 is 0 Å². The molecule has 0 bridgehead atoms. The largest absolute Gasteiger partial charge is 0.469 e. The molecule has 0 saturated carbocycles. The Kier molecular flexibility index (Phi) is 4.94. The molecule has 0 radical (unpaired) electrons. The molecule has 0 aliphatic carbocycles. The zero-order valence-corrected chi connectivity index (χ0v) is 12.5. The van der Waals surface area contributed by atoms with E-state index in [1.165, 1.54) is 18.4 Å². The van der Waals surface area contributed by atoms with Gasteiger partial charge in [0.1, 0.15) is 6.04 Å². The van der Waals surface area contributed by atoms with Crippen LogP contribution in [0.3, 0.4) is 0 Å². The minimum Gasteiger partial charge on any atom is -0.469 e. The van der Waals surface area contributed by atoms with Crippen molar-refractivity contribution in [1.29, 1.82) is 0 Å². The van der Waals surface area contributed by atoms with E-state index in [9.17, 15) is 9.59 Å². The van der Waals surface area contributed by atoms with E-state index in [1.807, 2.05) is 11.8 Å². The minimum atomic E-state index is -0.317. The molecule has 1 saturated heterocycles. The van der Waals surface area contributed by atoms with Crippen molar-refractivity contribution in [1.82, 2.24) is 9.88 Å². The average molecular weight is 297 g/mol. The van der Waals surface area contributed by atoms with Crippen LogP contribution < -0.4 is 5.32 Å². The van der Waals surface area contributed by atoms with Gasteiger partial charge in [0.05, 0.1) is 19.2 Å². The summed E-state index contributed by atoms with van der Waals surface area (Å²) in [6.07, 6.45) is 2.32. The van der Waals surface area contributed by atoms with Gasteiger partial charge >= 0.3 is 5.97 Å². The molecule has 0 aromatic carbocycles. The highest BCUT2D eigenvalue weighted by atomic mass is 32.1. The molecule has 1 aromatic rings. The Morgan fingerprint density at radius 2 is 2.20 bits per heavy atom. The van der Waals surface area contributed by atoms with Gasteiger partial charge in [-0.1, -0.05) is 0 Å². The first kappa shape index (κ1) is 14.8. The van der Waals surface area contributed by atoms with Crippen LogP contribution in [-0.2, 0) is 20.7 Å². The fraction of sp³-hybridized carbons (Fsp3) is 0.615. The molecule has 1 unspecified atom stereocenters. The topological polar surface area (TPSA) is 71.5 Å². The number of carbonyl (C=O) groups excluding carboxylic acids is 2. The molecule has 1 aromatic heterocycles. The van der Waals surface area contributed by atoms with Crippen LogP contribution in [0.15, 0.2) is 5.38 Å². The first-order chi connectivity index (χ1) is 9.60. The lowest BCUT2D eigenvalue weighted by Gasteiger charge is -2.20. The number of nitrogens with zero attached hydrogens (tertiary/aromatic N) is 2. The van der Waals surface area contributed by atoms with Crippen LogP contribution in [-0.4, -0.2) is 48.0 Å². The molecule has 2 rings (SSSR count). The highest BCUT2D eigenvalue weighted by molar-refractivity contribution is 7.13. The summed E-state index contributed by atoms with van der Waals surface area (Å²) in [5.74, 6) is -0.213.